The number of halogens is 1. The van der Waals surface area contributed by atoms with Crippen LogP contribution in [0.5, 0.6) is 0 Å². The number of hydrogen-bond acceptors (Lipinski definition) is 7. The van der Waals surface area contributed by atoms with Crippen LogP contribution in [-0.4, -0.2) is 32.0 Å². The van der Waals surface area contributed by atoms with Crippen molar-refractivity contribution < 1.29 is 4.79 Å². The van der Waals surface area contributed by atoms with Crippen LogP contribution in [0.4, 0.5) is 22.5 Å². The number of hydrogen-bond donors (Lipinski definition) is 3. The van der Waals surface area contributed by atoms with E-state index in [0.717, 1.165) is 41.9 Å². The Morgan fingerprint density at radius 3 is 2.75 bits per heavy atom. The number of imidazole rings is 1. The Balaban J connectivity index is 1.15. The molecule has 2 aromatic carbocycles. The first-order valence-electron chi connectivity index (χ1n) is 11.5. The van der Waals surface area contributed by atoms with Crippen LogP contribution in [-0.2, 0) is 6.54 Å². The van der Waals surface area contributed by atoms with Crippen LogP contribution >= 0.6 is 22.9 Å². The van der Waals surface area contributed by atoms with Gasteiger partial charge in [0.25, 0.3) is 5.91 Å². The summed E-state index contributed by atoms with van der Waals surface area (Å²) >= 11 is 7.47. The van der Waals surface area contributed by atoms with Gasteiger partial charge in [0.05, 0.1) is 34.3 Å². The number of rotatable bonds is 9. The fraction of sp³-hybridized carbons (Fsp3) is 0.154. The van der Waals surface area contributed by atoms with Crippen molar-refractivity contribution in [3.05, 3.63) is 88.7 Å². The van der Waals surface area contributed by atoms with E-state index >= 15 is 0 Å². The molecular formula is C26H24ClN7OS. The number of carbonyl (C=O) groups excluding carboxylic acids is 1. The predicted molar refractivity (Wildman–Crippen MR) is 147 cm³/mol. The number of thiazole rings is 1. The summed E-state index contributed by atoms with van der Waals surface area (Å²) in [4.78, 5) is 26.5. The van der Waals surface area contributed by atoms with Crippen molar-refractivity contribution in [2.45, 2.75) is 19.9 Å². The maximum absolute atomic E-state index is 12.7. The van der Waals surface area contributed by atoms with Gasteiger partial charge in [-0.25, -0.2) is 15.0 Å². The highest BCUT2D eigenvalue weighted by atomic mass is 35.5. The standard InChI is InChI=1S/C26H24ClN7OS/c1-17-7-4-8-18(27)24(17)33-25(35)21-15-29-26(36-21)32-23-12-5-11-22(31-23)28-13-6-14-34-16-30-19-9-2-3-10-20(19)34/h2-5,7-12,15-16H,6,13-14H2,1H3,(H,33,35)(H2,28,29,31,32). The zero-order chi connectivity index (χ0) is 24.9. The summed E-state index contributed by atoms with van der Waals surface area (Å²) in [5.74, 6) is 1.15. The van der Waals surface area contributed by atoms with Crippen molar-refractivity contribution in [2.24, 2.45) is 0 Å². The largest absolute Gasteiger partial charge is 0.370 e. The van der Waals surface area contributed by atoms with Crippen molar-refractivity contribution in [3.63, 3.8) is 0 Å². The van der Waals surface area contributed by atoms with E-state index < -0.39 is 0 Å². The summed E-state index contributed by atoms with van der Waals surface area (Å²) in [5, 5.41) is 10.5. The van der Waals surface area contributed by atoms with E-state index in [9.17, 15) is 4.79 Å². The minimum absolute atomic E-state index is 0.259. The molecule has 0 spiro atoms. The second kappa shape index (κ2) is 10.8. The average Bonchev–Trinajstić information content (AvgIpc) is 3.52. The number of aromatic nitrogens is 4. The van der Waals surface area contributed by atoms with E-state index in [4.69, 9.17) is 11.6 Å². The Hall–Kier alpha value is -3.95. The molecule has 0 saturated carbocycles. The molecule has 0 saturated heterocycles. The second-order valence-electron chi connectivity index (χ2n) is 8.16. The third kappa shape index (κ3) is 5.48. The summed E-state index contributed by atoms with van der Waals surface area (Å²) in [6.45, 7) is 3.53. The lowest BCUT2D eigenvalue weighted by Gasteiger charge is -2.09. The summed E-state index contributed by atoms with van der Waals surface area (Å²) in [6, 6.07) is 19.3. The fourth-order valence-corrected chi connectivity index (χ4v) is 4.76. The number of nitrogens with one attached hydrogen (secondary N) is 3. The highest BCUT2D eigenvalue weighted by Gasteiger charge is 2.14. The molecule has 0 aliphatic rings. The van der Waals surface area contributed by atoms with Crippen molar-refractivity contribution >= 4 is 62.3 Å². The van der Waals surface area contributed by atoms with Crippen LogP contribution in [0.1, 0.15) is 21.7 Å². The van der Waals surface area contributed by atoms with Crippen molar-refractivity contribution in [1.29, 1.82) is 0 Å². The van der Waals surface area contributed by atoms with Gasteiger partial charge in [0, 0.05) is 13.1 Å². The van der Waals surface area contributed by atoms with Gasteiger partial charge < -0.3 is 20.5 Å². The first kappa shape index (κ1) is 23.8. The molecule has 10 heteroatoms. The molecule has 0 atom stereocenters. The van der Waals surface area contributed by atoms with E-state index in [-0.39, 0.29) is 5.91 Å². The molecule has 0 radical (unpaired) electrons. The summed E-state index contributed by atoms with van der Waals surface area (Å²) in [5.41, 5.74) is 3.65. The molecule has 3 N–H and O–H groups in total. The van der Waals surface area contributed by atoms with Gasteiger partial charge in [-0.2, -0.15) is 0 Å². The van der Waals surface area contributed by atoms with Crippen LogP contribution in [0.2, 0.25) is 5.02 Å². The maximum atomic E-state index is 12.7. The van der Waals surface area contributed by atoms with Crippen molar-refractivity contribution in [2.75, 3.05) is 22.5 Å². The number of pyridine rings is 1. The lowest BCUT2D eigenvalue weighted by molar-refractivity contribution is 0.103. The van der Waals surface area contributed by atoms with Gasteiger partial charge in [-0.05, 0) is 49.2 Å². The van der Waals surface area contributed by atoms with Crippen LogP contribution in [0.25, 0.3) is 11.0 Å². The number of aryl methyl sites for hydroxylation is 2. The first-order chi connectivity index (χ1) is 17.6. The molecule has 0 fully saturated rings. The Bertz CT molecular complexity index is 1490. The van der Waals surface area contributed by atoms with E-state index in [1.165, 1.54) is 17.5 Å². The molecule has 5 rings (SSSR count). The van der Waals surface area contributed by atoms with E-state index in [1.54, 1.807) is 6.07 Å². The maximum Gasteiger partial charge on any atom is 0.267 e. The third-order valence-electron chi connectivity index (χ3n) is 5.58. The number of anilines is 4. The lowest BCUT2D eigenvalue weighted by atomic mass is 10.2. The molecule has 3 heterocycles. The molecule has 182 valence electrons. The topological polar surface area (TPSA) is 96.8 Å². The molecule has 8 nitrogen and oxygen atoms in total. The Labute approximate surface area is 217 Å². The zero-order valence-corrected chi connectivity index (χ0v) is 21.1. The minimum atomic E-state index is -0.259. The highest BCUT2D eigenvalue weighted by molar-refractivity contribution is 7.17. The quantitative estimate of drug-likeness (QED) is 0.197. The summed E-state index contributed by atoms with van der Waals surface area (Å²) in [6.07, 6.45) is 4.34. The molecule has 0 aliphatic carbocycles. The van der Waals surface area contributed by atoms with E-state index in [2.05, 4.69) is 41.5 Å². The number of carbonyl (C=O) groups is 1. The number of fused-ring (bicyclic) bond motifs is 1. The van der Waals surface area contributed by atoms with Gasteiger partial charge >= 0.3 is 0 Å². The smallest absolute Gasteiger partial charge is 0.267 e. The number of para-hydroxylation sites is 3. The van der Waals surface area contributed by atoms with E-state index in [1.807, 2.05) is 61.8 Å². The zero-order valence-electron chi connectivity index (χ0n) is 19.5. The SMILES string of the molecule is Cc1cccc(Cl)c1NC(=O)c1cnc(Nc2cccc(NCCCn3cnc4ccccc43)n2)s1. The number of nitrogens with zero attached hydrogens (tertiary/aromatic N) is 4. The van der Waals surface area contributed by atoms with Gasteiger partial charge in [0.1, 0.15) is 16.5 Å². The molecule has 5 aromatic rings. The highest BCUT2D eigenvalue weighted by Crippen LogP contribution is 2.28. The Morgan fingerprint density at radius 2 is 1.86 bits per heavy atom. The molecule has 1 amide bonds. The molecular weight excluding hydrogens is 494 g/mol. The van der Waals surface area contributed by atoms with Crippen LogP contribution in [0, 0.1) is 6.92 Å². The van der Waals surface area contributed by atoms with Gasteiger partial charge in [-0.3, -0.25) is 4.79 Å². The minimum Gasteiger partial charge on any atom is -0.370 e. The monoisotopic (exact) mass is 517 g/mol. The number of benzene rings is 2. The normalized spacial score (nSPS) is 10.9. The van der Waals surface area contributed by atoms with E-state index in [0.29, 0.717) is 26.5 Å². The Kier molecular flexibility index (Phi) is 7.11. The summed E-state index contributed by atoms with van der Waals surface area (Å²) in [7, 11) is 0. The van der Waals surface area contributed by atoms with Gasteiger partial charge in [0.15, 0.2) is 5.13 Å². The average molecular weight is 518 g/mol. The predicted octanol–water partition coefficient (Wildman–Crippen LogP) is 6.35. The molecule has 0 bridgehead atoms. The first-order valence-corrected chi connectivity index (χ1v) is 12.7. The lowest BCUT2D eigenvalue weighted by Crippen LogP contribution is -2.11. The second-order valence-corrected chi connectivity index (χ2v) is 9.59. The molecule has 0 aliphatic heterocycles. The van der Waals surface area contributed by atoms with Gasteiger partial charge in [-0.15, -0.1) is 0 Å². The van der Waals surface area contributed by atoms with Crippen molar-refractivity contribution in [1.82, 2.24) is 19.5 Å². The Morgan fingerprint density at radius 1 is 1.03 bits per heavy atom. The fourth-order valence-electron chi connectivity index (χ4n) is 3.77. The van der Waals surface area contributed by atoms with Gasteiger partial charge in [0.2, 0.25) is 0 Å². The van der Waals surface area contributed by atoms with Crippen molar-refractivity contribution in [3.8, 4) is 0 Å². The summed E-state index contributed by atoms with van der Waals surface area (Å²) < 4.78 is 2.16. The molecule has 36 heavy (non-hydrogen) atoms. The van der Waals surface area contributed by atoms with Crippen LogP contribution in [0.15, 0.2) is 73.2 Å². The van der Waals surface area contributed by atoms with Gasteiger partial charge in [-0.1, -0.05) is 53.3 Å². The molecule has 3 aromatic heterocycles. The molecule has 0 unspecified atom stereocenters. The number of amides is 1. The van der Waals surface area contributed by atoms with Crippen LogP contribution in [0.3, 0.4) is 0 Å². The van der Waals surface area contributed by atoms with Crippen LogP contribution < -0.4 is 16.0 Å². The third-order valence-corrected chi connectivity index (χ3v) is 6.81.